The summed E-state index contributed by atoms with van der Waals surface area (Å²) in [6.45, 7) is 2.10. The van der Waals surface area contributed by atoms with Crippen LogP contribution in [0.3, 0.4) is 0 Å². The summed E-state index contributed by atoms with van der Waals surface area (Å²) in [6.07, 6.45) is 4.81. The van der Waals surface area contributed by atoms with E-state index in [1.165, 1.54) is 0 Å². The van der Waals surface area contributed by atoms with Gasteiger partial charge in [0.1, 0.15) is 11.2 Å². The fraction of sp³-hybridized carbons (Fsp3) is 0.400. The Morgan fingerprint density at radius 3 is 2.14 bits per heavy atom. The van der Waals surface area contributed by atoms with Crippen molar-refractivity contribution in [3.63, 3.8) is 0 Å². The minimum absolute atomic E-state index is 0.0574. The normalized spacial score (nSPS) is 22.0. The second-order valence-corrected chi connectivity index (χ2v) is 7.72. The molecule has 1 aliphatic rings. The second kappa shape index (κ2) is 9.09. The van der Waals surface area contributed by atoms with Crippen LogP contribution in [0.2, 0.25) is 0 Å². The van der Waals surface area contributed by atoms with E-state index in [1.807, 2.05) is 36.4 Å². The maximum atomic E-state index is 13.7. The lowest BCUT2D eigenvalue weighted by atomic mass is 9.58. The van der Waals surface area contributed by atoms with Crippen molar-refractivity contribution in [2.75, 3.05) is 0 Å². The molecule has 1 fully saturated rings. The highest BCUT2D eigenvalue weighted by Crippen LogP contribution is 2.46. The van der Waals surface area contributed by atoms with E-state index < -0.39 is 11.3 Å². The van der Waals surface area contributed by atoms with Gasteiger partial charge in [-0.15, -0.1) is 0 Å². The number of carbonyl (C=O) groups is 3. The van der Waals surface area contributed by atoms with Gasteiger partial charge in [-0.2, -0.15) is 0 Å². The summed E-state index contributed by atoms with van der Waals surface area (Å²) < 4.78 is 0. The molecule has 3 heteroatoms. The molecule has 0 N–H and O–H groups in total. The molecular formula is C25H28O3. The van der Waals surface area contributed by atoms with Gasteiger partial charge < -0.3 is 0 Å². The lowest BCUT2D eigenvalue weighted by molar-refractivity contribution is -0.131. The Labute approximate surface area is 167 Å². The minimum atomic E-state index is -1.23. The first-order valence-corrected chi connectivity index (χ1v) is 10.3. The Hall–Kier alpha value is -2.55. The first-order valence-electron chi connectivity index (χ1n) is 10.3. The summed E-state index contributed by atoms with van der Waals surface area (Å²) >= 11 is 0. The Morgan fingerprint density at radius 2 is 1.54 bits per heavy atom. The van der Waals surface area contributed by atoms with E-state index in [9.17, 15) is 14.4 Å². The average Bonchev–Trinajstić information content (AvgIpc) is 2.75. The van der Waals surface area contributed by atoms with Crippen LogP contribution in [-0.4, -0.2) is 17.3 Å². The fourth-order valence-electron chi connectivity index (χ4n) is 4.50. The molecule has 2 unspecified atom stereocenters. The minimum Gasteiger partial charge on any atom is -0.299 e. The zero-order chi connectivity index (χ0) is 20.0. The fourth-order valence-corrected chi connectivity index (χ4v) is 4.50. The van der Waals surface area contributed by atoms with Crippen LogP contribution >= 0.6 is 0 Å². The third-order valence-electron chi connectivity index (χ3n) is 5.98. The van der Waals surface area contributed by atoms with Crippen LogP contribution in [0.5, 0.6) is 0 Å². The monoisotopic (exact) mass is 376 g/mol. The van der Waals surface area contributed by atoms with Gasteiger partial charge in [-0.05, 0) is 19.3 Å². The number of unbranched alkanes of at least 4 members (excludes halogenated alkanes) is 2. The highest BCUT2D eigenvalue weighted by atomic mass is 16.2. The summed E-state index contributed by atoms with van der Waals surface area (Å²) in [7, 11) is 0. The lowest BCUT2D eigenvalue weighted by Crippen LogP contribution is -2.51. The number of Topliss-reactive ketones (excluding diaryl/α,β-unsaturated/α-hetero) is 3. The molecule has 2 aromatic rings. The van der Waals surface area contributed by atoms with E-state index in [0.717, 1.165) is 19.3 Å². The van der Waals surface area contributed by atoms with Crippen LogP contribution in [0.1, 0.15) is 72.6 Å². The van der Waals surface area contributed by atoms with Crippen LogP contribution < -0.4 is 0 Å². The summed E-state index contributed by atoms with van der Waals surface area (Å²) in [5.74, 6) is -0.892. The summed E-state index contributed by atoms with van der Waals surface area (Å²) in [5.41, 5.74) is -0.121. The van der Waals surface area contributed by atoms with Crippen LogP contribution in [0, 0.1) is 11.3 Å². The van der Waals surface area contributed by atoms with Crippen molar-refractivity contribution in [3.8, 4) is 0 Å². The summed E-state index contributed by atoms with van der Waals surface area (Å²) in [5, 5.41) is 0. The summed E-state index contributed by atoms with van der Waals surface area (Å²) in [6, 6.07) is 18.1. The highest BCUT2D eigenvalue weighted by molar-refractivity contribution is 6.19. The molecule has 2 aromatic carbocycles. The van der Waals surface area contributed by atoms with Crippen molar-refractivity contribution in [2.45, 2.75) is 51.9 Å². The first-order chi connectivity index (χ1) is 13.6. The van der Waals surface area contributed by atoms with E-state index in [-0.39, 0.29) is 17.3 Å². The molecular weight excluding hydrogens is 348 g/mol. The topological polar surface area (TPSA) is 51.2 Å². The van der Waals surface area contributed by atoms with Gasteiger partial charge in [0.15, 0.2) is 11.6 Å². The third kappa shape index (κ3) is 3.84. The molecule has 1 aliphatic carbocycles. The molecule has 146 valence electrons. The zero-order valence-electron chi connectivity index (χ0n) is 16.5. The van der Waals surface area contributed by atoms with Gasteiger partial charge in [-0.1, -0.05) is 86.8 Å². The number of ketones is 3. The van der Waals surface area contributed by atoms with Crippen LogP contribution in [0.4, 0.5) is 0 Å². The number of hydrogen-bond donors (Lipinski definition) is 0. The van der Waals surface area contributed by atoms with Crippen molar-refractivity contribution >= 4 is 17.3 Å². The van der Waals surface area contributed by atoms with Gasteiger partial charge in [-0.3, -0.25) is 14.4 Å². The van der Waals surface area contributed by atoms with Crippen LogP contribution in [0.25, 0.3) is 0 Å². The molecule has 0 aliphatic heterocycles. The zero-order valence-corrected chi connectivity index (χ0v) is 16.5. The van der Waals surface area contributed by atoms with Crippen molar-refractivity contribution in [1.29, 1.82) is 0 Å². The SMILES string of the molecule is CCCCCC1(C(=O)c2ccccc2)C(=O)CCCC1C(=O)c1ccccc1. The lowest BCUT2D eigenvalue weighted by Gasteiger charge is -2.41. The van der Waals surface area contributed by atoms with Gasteiger partial charge in [0, 0.05) is 23.5 Å². The molecule has 0 aromatic heterocycles. The molecule has 0 radical (unpaired) electrons. The number of hydrogen-bond acceptors (Lipinski definition) is 3. The van der Waals surface area contributed by atoms with Crippen LogP contribution in [-0.2, 0) is 4.79 Å². The predicted molar refractivity (Wildman–Crippen MR) is 110 cm³/mol. The molecule has 0 heterocycles. The molecule has 0 spiro atoms. The number of carbonyl (C=O) groups excluding carboxylic acids is 3. The van der Waals surface area contributed by atoms with E-state index >= 15 is 0 Å². The third-order valence-corrected chi connectivity index (χ3v) is 5.98. The molecule has 2 atom stereocenters. The van der Waals surface area contributed by atoms with Crippen molar-refractivity contribution in [3.05, 3.63) is 71.8 Å². The quantitative estimate of drug-likeness (QED) is 0.338. The molecule has 0 bridgehead atoms. The maximum absolute atomic E-state index is 13.7. The number of rotatable bonds is 8. The standard InChI is InChI=1S/C25H28O3/c1-2-3-10-18-25(24(28)20-14-8-5-9-15-20)21(16-11-17-22(25)26)23(27)19-12-6-4-7-13-19/h4-9,12-15,21H,2-3,10-11,16-18H2,1H3. The van der Waals surface area contributed by atoms with Gasteiger partial charge in [0.2, 0.25) is 0 Å². The van der Waals surface area contributed by atoms with Gasteiger partial charge in [-0.25, -0.2) is 0 Å². The smallest absolute Gasteiger partial charge is 0.177 e. The average molecular weight is 376 g/mol. The molecule has 0 amide bonds. The first kappa shape index (κ1) is 20.2. The Balaban J connectivity index is 2.07. The van der Waals surface area contributed by atoms with Gasteiger partial charge in [0.25, 0.3) is 0 Å². The van der Waals surface area contributed by atoms with Crippen molar-refractivity contribution in [1.82, 2.24) is 0 Å². The molecule has 1 saturated carbocycles. The number of benzene rings is 2. The van der Waals surface area contributed by atoms with Crippen molar-refractivity contribution in [2.24, 2.45) is 11.3 Å². The molecule has 0 saturated heterocycles. The Kier molecular flexibility index (Phi) is 6.56. The summed E-state index contributed by atoms with van der Waals surface area (Å²) in [4.78, 5) is 40.4. The highest BCUT2D eigenvalue weighted by Gasteiger charge is 2.55. The Morgan fingerprint density at radius 1 is 0.929 bits per heavy atom. The Bertz CT molecular complexity index is 825. The molecule has 28 heavy (non-hydrogen) atoms. The van der Waals surface area contributed by atoms with E-state index in [1.54, 1.807) is 24.3 Å². The van der Waals surface area contributed by atoms with Gasteiger partial charge >= 0.3 is 0 Å². The largest absolute Gasteiger partial charge is 0.299 e. The van der Waals surface area contributed by atoms with E-state index in [4.69, 9.17) is 0 Å². The van der Waals surface area contributed by atoms with E-state index in [0.29, 0.717) is 36.8 Å². The van der Waals surface area contributed by atoms with E-state index in [2.05, 4.69) is 6.92 Å². The van der Waals surface area contributed by atoms with Gasteiger partial charge in [0.05, 0.1) is 0 Å². The van der Waals surface area contributed by atoms with Crippen LogP contribution in [0.15, 0.2) is 60.7 Å². The molecule has 3 nitrogen and oxygen atoms in total. The van der Waals surface area contributed by atoms with Crippen molar-refractivity contribution < 1.29 is 14.4 Å². The second-order valence-electron chi connectivity index (χ2n) is 7.72. The molecule has 3 rings (SSSR count). The predicted octanol–water partition coefficient (Wildman–Crippen LogP) is 5.69. The maximum Gasteiger partial charge on any atom is 0.177 e.